The summed E-state index contributed by atoms with van der Waals surface area (Å²) in [7, 11) is 1.50. The normalized spacial score (nSPS) is 10.5. The lowest BCUT2D eigenvalue weighted by Crippen LogP contribution is -2.40. The molecule has 0 aliphatic heterocycles. The van der Waals surface area contributed by atoms with E-state index in [0.29, 0.717) is 46.6 Å². The molecule has 0 saturated carbocycles. The lowest BCUT2D eigenvalue weighted by atomic mass is 10.2. The third-order valence-electron chi connectivity index (χ3n) is 3.69. The molecule has 0 fully saturated rings. The van der Waals surface area contributed by atoms with E-state index in [9.17, 15) is 9.59 Å². The zero-order chi connectivity index (χ0) is 21.2. The van der Waals surface area contributed by atoms with E-state index < -0.39 is 11.8 Å². The third-order valence-corrected chi connectivity index (χ3v) is 3.98. The topological polar surface area (TPSA) is 85.9 Å². The highest BCUT2D eigenvalue weighted by atomic mass is 35.5. The van der Waals surface area contributed by atoms with Gasteiger partial charge in [-0.15, -0.1) is 0 Å². The Morgan fingerprint density at radius 2 is 1.72 bits per heavy atom. The molecule has 2 amide bonds. The number of carbonyl (C=O) groups is 2. The highest BCUT2D eigenvalue weighted by Gasteiger charge is 2.11. The van der Waals surface area contributed by atoms with Gasteiger partial charge in [-0.05, 0) is 61.9 Å². The fourth-order valence-electron chi connectivity index (χ4n) is 2.39. The zero-order valence-electron chi connectivity index (χ0n) is 16.5. The first-order valence-electron chi connectivity index (χ1n) is 9.00. The van der Waals surface area contributed by atoms with Crippen molar-refractivity contribution in [2.75, 3.05) is 20.3 Å². The van der Waals surface area contributed by atoms with E-state index in [2.05, 4.69) is 10.9 Å². The number of hydrogen-bond donors (Lipinski definition) is 2. The van der Waals surface area contributed by atoms with Crippen LogP contribution in [-0.2, 0) is 4.79 Å². The minimum absolute atomic E-state index is 0.370. The van der Waals surface area contributed by atoms with E-state index in [0.717, 1.165) is 0 Å². The van der Waals surface area contributed by atoms with Gasteiger partial charge in [0.05, 0.1) is 25.3 Å². The summed E-state index contributed by atoms with van der Waals surface area (Å²) in [6.45, 7) is 4.71. The Morgan fingerprint density at radius 3 is 2.34 bits per heavy atom. The molecule has 8 heteroatoms. The standard InChI is InChI=1S/C21H23ClN2O5/c1-4-28-16-9-7-15(8-10-16)21(26)24-23-19(25)11-6-14-12-17(22)20(29-5-2)18(13-14)27-3/h6-13H,4-5H2,1-3H3,(H,23,25)(H,24,26)/b11-6+. The van der Waals surface area contributed by atoms with Gasteiger partial charge in [-0.1, -0.05) is 11.6 Å². The Morgan fingerprint density at radius 1 is 1.03 bits per heavy atom. The van der Waals surface area contributed by atoms with E-state index in [1.807, 2.05) is 13.8 Å². The van der Waals surface area contributed by atoms with Crippen molar-refractivity contribution in [3.63, 3.8) is 0 Å². The van der Waals surface area contributed by atoms with Crippen LogP contribution in [0.5, 0.6) is 17.2 Å². The molecule has 2 aromatic carbocycles. The molecular weight excluding hydrogens is 396 g/mol. The van der Waals surface area contributed by atoms with Crippen molar-refractivity contribution in [1.29, 1.82) is 0 Å². The minimum atomic E-state index is -0.506. The van der Waals surface area contributed by atoms with Crippen LogP contribution < -0.4 is 25.1 Å². The summed E-state index contributed by atoms with van der Waals surface area (Å²) in [4.78, 5) is 24.1. The van der Waals surface area contributed by atoms with Crippen LogP contribution in [0.3, 0.4) is 0 Å². The van der Waals surface area contributed by atoms with Crippen LogP contribution in [0.2, 0.25) is 5.02 Å². The molecule has 2 rings (SSSR count). The number of hydrogen-bond acceptors (Lipinski definition) is 5. The molecule has 0 atom stereocenters. The molecule has 0 spiro atoms. The lowest BCUT2D eigenvalue weighted by molar-refractivity contribution is -0.117. The molecule has 0 unspecified atom stereocenters. The van der Waals surface area contributed by atoms with Gasteiger partial charge in [0, 0.05) is 11.6 Å². The van der Waals surface area contributed by atoms with Crippen LogP contribution in [0.1, 0.15) is 29.8 Å². The van der Waals surface area contributed by atoms with Crippen molar-refractivity contribution in [3.8, 4) is 17.2 Å². The Kier molecular flexibility index (Phi) is 8.36. The molecule has 0 saturated heterocycles. The molecule has 0 radical (unpaired) electrons. The van der Waals surface area contributed by atoms with Crippen molar-refractivity contribution < 1.29 is 23.8 Å². The number of ether oxygens (including phenoxy) is 3. The smallest absolute Gasteiger partial charge is 0.269 e. The van der Waals surface area contributed by atoms with Gasteiger partial charge in [-0.2, -0.15) is 0 Å². The third kappa shape index (κ3) is 6.43. The van der Waals surface area contributed by atoms with Crippen molar-refractivity contribution in [3.05, 3.63) is 58.6 Å². The minimum Gasteiger partial charge on any atom is -0.494 e. The summed E-state index contributed by atoms with van der Waals surface area (Å²) in [6, 6.07) is 9.93. The molecule has 2 aromatic rings. The number of rotatable bonds is 8. The largest absolute Gasteiger partial charge is 0.494 e. The predicted molar refractivity (Wildman–Crippen MR) is 111 cm³/mol. The molecule has 154 valence electrons. The molecular formula is C21H23ClN2O5. The number of hydrazine groups is 1. The second-order valence-corrected chi connectivity index (χ2v) is 6.11. The number of methoxy groups -OCH3 is 1. The van der Waals surface area contributed by atoms with E-state index in [4.69, 9.17) is 25.8 Å². The average Bonchev–Trinajstić information content (AvgIpc) is 2.72. The summed E-state index contributed by atoms with van der Waals surface area (Å²) < 4.78 is 16.0. The fraction of sp³-hybridized carbons (Fsp3) is 0.238. The Balaban J connectivity index is 1.95. The number of benzene rings is 2. The van der Waals surface area contributed by atoms with Crippen LogP contribution in [0.4, 0.5) is 0 Å². The van der Waals surface area contributed by atoms with Crippen molar-refractivity contribution in [2.45, 2.75) is 13.8 Å². The first-order chi connectivity index (χ1) is 14.0. The molecule has 0 aliphatic carbocycles. The fourth-order valence-corrected chi connectivity index (χ4v) is 2.67. The maximum atomic E-state index is 12.1. The molecule has 7 nitrogen and oxygen atoms in total. The maximum absolute atomic E-state index is 12.1. The Bertz CT molecular complexity index is 881. The van der Waals surface area contributed by atoms with Gasteiger partial charge >= 0.3 is 0 Å². The van der Waals surface area contributed by atoms with Gasteiger partial charge in [0.25, 0.3) is 11.8 Å². The average molecular weight is 419 g/mol. The molecule has 0 aliphatic rings. The second-order valence-electron chi connectivity index (χ2n) is 5.70. The molecule has 0 heterocycles. The Labute approximate surface area is 174 Å². The number of amides is 2. The Hall–Kier alpha value is -3.19. The second kappa shape index (κ2) is 11.0. The summed E-state index contributed by atoms with van der Waals surface area (Å²) in [6.07, 6.45) is 2.81. The number of halogens is 1. The van der Waals surface area contributed by atoms with Crippen LogP contribution >= 0.6 is 11.6 Å². The first kappa shape index (κ1) is 22.1. The van der Waals surface area contributed by atoms with Crippen LogP contribution in [-0.4, -0.2) is 32.1 Å². The highest BCUT2D eigenvalue weighted by Crippen LogP contribution is 2.36. The molecule has 0 aromatic heterocycles. The maximum Gasteiger partial charge on any atom is 0.269 e. The first-order valence-corrected chi connectivity index (χ1v) is 9.37. The van der Waals surface area contributed by atoms with E-state index in [1.165, 1.54) is 13.2 Å². The number of carbonyl (C=O) groups excluding carboxylic acids is 2. The zero-order valence-corrected chi connectivity index (χ0v) is 17.2. The van der Waals surface area contributed by atoms with Gasteiger partial charge in [0.2, 0.25) is 0 Å². The van der Waals surface area contributed by atoms with Crippen LogP contribution in [0.15, 0.2) is 42.5 Å². The lowest BCUT2D eigenvalue weighted by Gasteiger charge is -2.12. The predicted octanol–water partition coefficient (Wildman–Crippen LogP) is 3.62. The monoisotopic (exact) mass is 418 g/mol. The van der Waals surface area contributed by atoms with Gasteiger partial charge in [-0.3, -0.25) is 20.4 Å². The van der Waals surface area contributed by atoms with Crippen LogP contribution in [0.25, 0.3) is 6.08 Å². The van der Waals surface area contributed by atoms with Crippen molar-refractivity contribution >= 4 is 29.5 Å². The molecule has 0 bridgehead atoms. The summed E-state index contributed by atoms with van der Waals surface area (Å²) in [5.41, 5.74) is 5.70. The van der Waals surface area contributed by atoms with Gasteiger partial charge in [-0.25, -0.2) is 0 Å². The highest BCUT2D eigenvalue weighted by molar-refractivity contribution is 6.32. The van der Waals surface area contributed by atoms with Gasteiger partial charge in [0.1, 0.15) is 5.75 Å². The quantitative estimate of drug-likeness (QED) is 0.505. The summed E-state index contributed by atoms with van der Waals surface area (Å²) in [5, 5.41) is 0.370. The van der Waals surface area contributed by atoms with Crippen molar-refractivity contribution in [2.24, 2.45) is 0 Å². The van der Waals surface area contributed by atoms with E-state index in [-0.39, 0.29) is 0 Å². The summed E-state index contributed by atoms with van der Waals surface area (Å²) in [5.74, 6) is 0.624. The molecule has 2 N–H and O–H groups in total. The summed E-state index contributed by atoms with van der Waals surface area (Å²) >= 11 is 6.20. The van der Waals surface area contributed by atoms with Crippen LogP contribution in [0, 0.1) is 0 Å². The van der Waals surface area contributed by atoms with Gasteiger partial charge < -0.3 is 14.2 Å². The van der Waals surface area contributed by atoms with E-state index in [1.54, 1.807) is 42.5 Å². The molecule has 29 heavy (non-hydrogen) atoms. The number of nitrogens with one attached hydrogen (secondary N) is 2. The van der Waals surface area contributed by atoms with Gasteiger partial charge in [0.15, 0.2) is 11.5 Å². The SMILES string of the molecule is CCOc1ccc(C(=O)NNC(=O)/C=C/c2cc(Cl)c(OCC)c(OC)c2)cc1. The van der Waals surface area contributed by atoms with Crippen molar-refractivity contribution in [1.82, 2.24) is 10.9 Å². The van der Waals surface area contributed by atoms with E-state index >= 15 is 0 Å².